The molecule has 31 heavy (non-hydrogen) atoms. The summed E-state index contributed by atoms with van der Waals surface area (Å²) in [5.74, 6) is -0.0326. The van der Waals surface area contributed by atoms with Gasteiger partial charge in [-0.05, 0) is 37.5 Å². The van der Waals surface area contributed by atoms with Gasteiger partial charge in [0.05, 0.1) is 17.3 Å². The molecule has 1 amide bonds. The van der Waals surface area contributed by atoms with E-state index in [0.29, 0.717) is 28.1 Å². The number of benzene rings is 1. The minimum atomic E-state index is -2.80. The molecule has 1 saturated carbocycles. The standard InChI is InChI=1S/C20H18Cl3F2N5O/c1-10-6-15(27-29(10)8-12-4-5-13(21)7-14(12)22)26-16(31)9-30-19(11-2-3-11)17(23)18(28-30)20(24)25/h4-7,11,20H,2-3,8-9H2,1H3,(H,26,27,31). The first-order valence-corrected chi connectivity index (χ1v) is 10.7. The van der Waals surface area contributed by atoms with E-state index in [1.165, 1.54) is 4.68 Å². The van der Waals surface area contributed by atoms with Crippen molar-refractivity contribution in [1.29, 1.82) is 0 Å². The highest BCUT2D eigenvalue weighted by Gasteiger charge is 2.34. The van der Waals surface area contributed by atoms with Gasteiger partial charge in [0.15, 0.2) is 5.82 Å². The van der Waals surface area contributed by atoms with Crippen molar-refractivity contribution in [1.82, 2.24) is 19.6 Å². The Kier molecular flexibility index (Phi) is 6.23. The highest BCUT2D eigenvalue weighted by Crippen LogP contribution is 2.45. The van der Waals surface area contributed by atoms with Gasteiger partial charge in [0.25, 0.3) is 6.43 Å². The molecule has 0 aliphatic heterocycles. The molecule has 4 rings (SSSR count). The van der Waals surface area contributed by atoms with Crippen molar-refractivity contribution in [2.24, 2.45) is 0 Å². The minimum Gasteiger partial charge on any atom is -0.308 e. The van der Waals surface area contributed by atoms with Crippen molar-refractivity contribution in [3.8, 4) is 0 Å². The molecule has 0 spiro atoms. The summed E-state index contributed by atoms with van der Waals surface area (Å²) >= 11 is 18.3. The maximum Gasteiger partial charge on any atom is 0.283 e. The Bertz CT molecular complexity index is 1140. The summed E-state index contributed by atoms with van der Waals surface area (Å²) in [7, 11) is 0. The van der Waals surface area contributed by atoms with Gasteiger partial charge in [0.2, 0.25) is 5.91 Å². The van der Waals surface area contributed by atoms with E-state index in [1.54, 1.807) is 22.9 Å². The van der Waals surface area contributed by atoms with Crippen LogP contribution in [0.4, 0.5) is 14.6 Å². The van der Waals surface area contributed by atoms with E-state index in [1.807, 2.05) is 13.0 Å². The summed E-state index contributed by atoms with van der Waals surface area (Å²) in [6.07, 6.45) is -1.12. The summed E-state index contributed by atoms with van der Waals surface area (Å²) in [6, 6.07) is 6.92. The van der Waals surface area contributed by atoms with Crippen LogP contribution in [0.1, 0.15) is 47.8 Å². The fourth-order valence-corrected chi connectivity index (χ4v) is 4.18. The zero-order valence-corrected chi connectivity index (χ0v) is 18.6. The molecule has 1 N–H and O–H groups in total. The predicted molar refractivity (Wildman–Crippen MR) is 115 cm³/mol. The zero-order chi connectivity index (χ0) is 22.3. The van der Waals surface area contributed by atoms with Crippen molar-refractivity contribution in [3.05, 3.63) is 62.0 Å². The van der Waals surface area contributed by atoms with Gasteiger partial charge in [-0.1, -0.05) is 40.9 Å². The van der Waals surface area contributed by atoms with E-state index in [4.69, 9.17) is 34.8 Å². The molecule has 2 heterocycles. The van der Waals surface area contributed by atoms with Crippen LogP contribution in [0, 0.1) is 6.92 Å². The van der Waals surface area contributed by atoms with E-state index in [2.05, 4.69) is 15.5 Å². The Labute approximate surface area is 192 Å². The molecule has 164 valence electrons. The van der Waals surface area contributed by atoms with Crippen molar-refractivity contribution in [2.45, 2.75) is 45.2 Å². The molecule has 11 heteroatoms. The summed E-state index contributed by atoms with van der Waals surface area (Å²) in [4.78, 5) is 12.6. The number of carbonyl (C=O) groups is 1. The molecule has 6 nitrogen and oxygen atoms in total. The second kappa shape index (κ2) is 8.76. The van der Waals surface area contributed by atoms with Gasteiger partial charge in [-0.3, -0.25) is 14.2 Å². The lowest BCUT2D eigenvalue weighted by Gasteiger charge is -2.08. The molecule has 0 unspecified atom stereocenters. The molecule has 0 saturated heterocycles. The highest BCUT2D eigenvalue weighted by molar-refractivity contribution is 6.35. The average Bonchev–Trinajstić information content (AvgIpc) is 3.38. The molecule has 2 aromatic heterocycles. The second-order valence-corrected chi connectivity index (χ2v) is 8.65. The number of anilines is 1. The first-order chi connectivity index (χ1) is 14.7. The third-order valence-electron chi connectivity index (χ3n) is 5.00. The molecule has 1 aliphatic rings. The van der Waals surface area contributed by atoms with Gasteiger partial charge in [0, 0.05) is 27.7 Å². The third kappa shape index (κ3) is 4.86. The molecule has 3 aromatic rings. The number of aromatic nitrogens is 4. The van der Waals surface area contributed by atoms with Crippen LogP contribution in [0.25, 0.3) is 0 Å². The molecule has 0 atom stereocenters. The fraction of sp³-hybridized carbons (Fsp3) is 0.350. The summed E-state index contributed by atoms with van der Waals surface area (Å²) in [5, 5.41) is 12.0. The van der Waals surface area contributed by atoms with Gasteiger partial charge in [0.1, 0.15) is 12.2 Å². The Morgan fingerprint density at radius 1 is 1.19 bits per heavy atom. The highest BCUT2D eigenvalue weighted by atomic mass is 35.5. The van der Waals surface area contributed by atoms with E-state index in [-0.39, 0.29) is 17.5 Å². The summed E-state index contributed by atoms with van der Waals surface area (Å²) < 4.78 is 29.3. The van der Waals surface area contributed by atoms with Crippen LogP contribution in [-0.4, -0.2) is 25.5 Å². The Hall–Kier alpha value is -2.16. The largest absolute Gasteiger partial charge is 0.308 e. The van der Waals surface area contributed by atoms with E-state index < -0.39 is 18.0 Å². The van der Waals surface area contributed by atoms with Crippen LogP contribution in [0.15, 0.2) is 24.3 Å². The zero-order valence-electron chi connectivity index (χ0n) is 16.4. The lowest BCUT2D eigenvalue weighted by Crippen LogP contribution is -2.21. The number of hydrogen-bond acceptors (Lipinski definition) is 3. The molecule has 1 aliphatic carbocycles. The van der Waals surface area contributed by atoms with E-state index >= 15 is 0 Å². The van der Waals surface area contributed by atoms with Gasteiger partial charge in [-0.2, -0.15) is 10.2 Å². The monoisotopic (exact) mass is 487 g/mol. The third-order valence-corrected chi connectivity index (χ3v) is 5.98. The van der Waals surface area contributed by atoms with Gasteiger partial charge in [-0.15, -0.1) is 0 Å². The van der Waals surface area contributed by atoms with Crippen LogP contribution < -0.4 is 5.32 Å². The lowest BCUT2D eigenvalue weighted by molar-refractivity contribution is -0.117. The van der Waals surface area contributed by atoms with Crippen molar-refractivity contribution < 1.29 is 13.6 Å². The molecule has 0 radical (unpaired) electrons. The van der Waals surface area contributed by atoms with E-state index in [0.717, 1.165) is 24.1 Å². The number of halogens is 5. The van der Waals surface area contributed by atoms with Crippen LogP contribution in [-0.2, 0) is 17.9 Å². The van der Waals surface area contributed by atoms with E-state index in [9.17, 15) is 13.6 Å². The number of amides is 1. The molecule has 0 bridgehead atoms. The van der Waals surface area contributed by atoms with Gasteiger partial charge < -0.3 is 5.32 Å². The first-order valence-electron chi connectivity index (χ1n) is 9.55. The normalized spacial score (nSPS) is 13.8. The lowest BCUT2D eigenvalue weighted by atomic mass is 10.2. The topological polar surface area (TPSA) is 64.7 Å². The molecule has 1 aromatic carbocycles. The van der Waals surface area contributed by atoms with Crippen LogP contribution >= 0.6 is 34.8 Å². The average molecular weight is 489 g/mol. The van der Waals surface area contributed by atoms with Crippen molar-refractivity contribution >= 4 is 46.5 Å². The summed E-state index contributed by atoms with van der Waals surface area (Å²) in [6.45, 7) is 2.02. The SMILES string of the molecule is Cc1cc(NC(=O)Cn2nc(C(F)F)c(Cl)c2C2CC2)nn1Cc1ccc(Cl)cc1Cl. The quantitative estimate of drug-likeness (QED) is 0.454. The smallest absolute Gasteiger partial charge is 0.283 e. The first kappa shape index (κ1) is 22.0. The van der Waals surface area contributed by atoms with Gasteiger partial charge >= 0.3 is 0 Å². The number of alkyl halides is 2. The number of aryl methyl sites for hydroxylation is 1. The Balaban J connectivity index is 1.47. The van der Waals surface area contributed by atoms with Crippen LogP contribution in [0.3, 0.4) is 0 Å². The second-order valence-electron chi connectivity index (χ2n) is 7.43. The predicted octanol–water partition coefficient (Wildman–Crippen LogP) is 5.85. The number of carbonyl (C=O) groups excluding carboxylic acids is 1. The fourth-order valence-electron chi connectivity index (χ4n) is 3.34. The number of hydrogen-bond donors (Lipinski definition) is 1. The summed E-state index contributed by atoms with van der Waals surface area (Å²) in [5.41, 5.74) is 1.64. The number of nitrogens with one attached hydrogen (secondary N) is 1. The van der Waals surface area contributed by atoms with Crippen molar-refractivity contribution in [2.75, 3.05) is 5.32 Å². The maximum absolute atomic E-state index is 13.2. The number of rotatable bonds is 7. The minimum absolute atomic E-state index is 0.0507. The molecular formula is C20H18Cl3F2N5O. The van der Waals surface area contributed by atoms with Gasteiger partial charge in [-0.25, -0.2) is 8.78 Å². The van der Waals surface area contributed by atoms with Crippen LogP contribution in [0.2, 0.25) is 15.1 Å². The molecular weight excluding hydrogens is 471 g/mol. The number of nitrogens with zero attached hydrogens (tertiary/aromatic N) is 4. The Morgan fingerprint density at radius 2 is 1.94 bits per heavy atom. The maximum atomic E-state index is 13.2. The van der Waals surface area contributed by atoms with Crippen LogP contribution in [0.5, 0.6) is 0 Å². The van der Waals surface area contributed by atoms with Crippen molar-refractivity contribution in [3.63, 3.8) is 0 Å². The Morgan fingerprint density at radius 3 is 2.58 bits per heavy atom. The molecule has 1 fully saturated rings.